The molecule has 0 amide bonds. The highest BCUT2D eigenvalue weighted by atomic mass is 16.3. The summed E-state index contributed by atoms with van der Waals surface area (Å²) in [6.45, 7) is 0. The van der Waals surface area contributed by atoms with Crippen molar-refractivity contribution in [1.29, 1.82) is 10.7 Å². The molecule has 0 atom stereocenters. The number of nitriles is 1. The maximum absolute atomic E-state index is 10.7. The summed E-state index contributed by atoms with van der Waals surface area (Å²) in [5.74, 6) is -0.0912. The minimum atomic E-state index is -0.317. The number of aromatic hydroxyl groups is 1. The van der Waals surface area contributed by atoms with Gasteiger partial charge in [0.15, 0.2) is 5.88 Å². The predicted octanol–water partition coefficient (Wildman–Crippen LogP) is 3.42. The van der Waals surface area contributed by atoms with Gasteiger partial charge in [-0.1, -0.05) is 18.2 Å². The summed E-state index contributed by atoms with van der Waals surface area (Å²) < 4.78 is 5.47. The van der Waals surface area contributed by atoms with Crippen LogP contribution >= 0.6 is 0 Å². The first-order valence-corrected chi connectivity index (χ1v) is 8.39. The Morgan fingerprint density at radius 3 is 2.68 bits per heavy atom. The molecule has 134 valence electrons. The van der Waals surface area contributed by atoms with Gasteiger partial charge in [0.1, 0.15) is 11.6 Å². The first-order chi connectivity index (χ1) is 13.7. The Kier molecular flexibility index (Phi) is 3.29. The zero-order chi connectivity index (χ0) is 19.3. The second-order valence-electron chi connectivity index (χ2n) is 6.20. The molecule has 0 fully saturated rings. The van der Waals surface area contributed by atoms with Gasteiger partial charge < -0.3 is 14.5 Å². The molecule has 1 aromatic carbocycles. The van der Waals surface area contributed by atoms with E-state index in [-0.39, 0.29) is 22.7 Å². The van der Waals surface area contributed by atoms with Crippen molar-refractivity contribution in [3.05, 3.63) is 59.9 Å². The maximum atomic E-state index is 10.7. The molecule has 4 heterocycles. The fourth-order valence-corrected chi connectivity index (χ4v) is 3.48. The molecule has 0 saturated heterocycles. The Morgan fingerprint density at radius 2 is 1.89 bits per heavy atom. The van der Waals surface area contributed by atoms with Gasteiger partial charge >= 0.3 is 0 Å². The van der Waals surface area contributed by atoms with Gasteiger partial charge in [-0.05, 0) is 18.2 Å². The number of rotatable bonds is 2. The van der Waals surface area contributed by atoms with Gasteiger partial charge in [0.25, 0.3) is 0 Å². The van der Waals surface area contributed by atoms with Crippen molar-refractivity contribution in [2.24, 2.45) is 0 Å². The molecule has 4 N–H and O–H groups in total. The zero-order valence-electron chi connectivity index (χ0n) is 14.3. The molecule has 0 unspecified atom stereocenters. The first kappa shape index (κ1) is 15.8. The van der Waals surface area contributed by atoms with Crippen LogP contribution in [0.4, 0.5) is 0 Å². The molecule has 5 aromatic rings. The van der Waals surface area contributed by atoms with Crippen molar-refractivity contribution < 1.29 is 9.52 Å². The van der Waals surface area contributed by atoms with Crippen LogP contribution in [-0.2, 0) is 0 Å². The van der Waals surface area contributed by atoms with Gasteiger partial charge in [-0.2, -0.15) is 5.26 Å². The number of nitrogens with zero attached hydrogens (tertiary/aromatic N) is 3. The van der Waals surface area contributed by atoms with Gasteiger partial charge in [0.2, 0.25) is 11.3 Å². The van der Waals surface area contributed by atoms with E-state index < -0.39 is 0 Å². The van der Waals surface area contributed by atoms with Gasteiger partial charge in [-0.15, -0.1) is 5.10 Å². The Morgan fingerprint density at radius 1 is 1.11 bits per heavy atom. The Hall–Kier alpha value is -4.38. The van der Waals surface area contributed by atoms with Crippen LogP contribution in [0.15, 0.2) is 53.2 Å². The van der Waals surface area contributed by atoms with E-state index in [2.05, 4.69) is 20.2 Å². The van der Waals surface area contributed by atoms with Crippen molar-refractivity contribution in [1.82, 2.24) is 20.2 Å². The molecule has 0 bridgehead atoms. The summed E-state index contributed by atoms with van der Waals surface area (Å²) in [4.78, 5) is 6.95. The lowest BCUT2D eigenvalue weighted by molar-refractivity contribution is 0.460. The summed E-state index contributed by atoms with van der Waals surface area (Å²) in [7, 11) is 0. The topological polar surface area (TPSA) is 138 Å². The van der Waals surface area contributed by atoms with E-state index in [4.69, 9.17) is 9.83 Å². The van der Waals surface area contributed by atoms with E-state index in [1.807, 2.05) is 30.3 Å². The molecule has 0 spiro atoms. The second-order valence-corrected chi connectivity index (χ2v) is 6.20. The Balaban J connectivity index is 2.00. The summed E-state index contributed by atoms with van der Waals surface area (Å²) in [6.07, 6.45) is 3.29. The average molecular weight is 368 g/mol. The number of hydrogen-bond acceptors (Lipinski definition) is 6. The third kappa shape index (κ3) is 2.13. The highest BCUT2D eigenvalue weighted by Gasteiger charge is 2.25. The molecule has 4 aromatic heterocycles. The number of fused-ring (bicyclic) bond motifs is 2. The fraction of sp³-hybridized carbons (Fsp3) is 0. The van der Waals surface area contributed by atoms with Crippen LogP contribution < -0.4 is 5.55 Å². The largest absolute Gasteiger partial charge is 0.494 e. The highest BCUT2D eigenvalue weighted by molar-refractivity contribution is 6.11. The molecular formula is C20H12N6O2. The molecule has 0 radical (unpaired) electrons. The third-order valence-electron chi connectivity index (χ3n) is 4.68. The lowest BCUT2D eigenvalue weighted by atomic mass is 9.95. The van der Waals surface area contributed by atoms with E-state index in [0.29, 0.717) is 27.7 Å². The van der Waals surface area contributed by atoms with Crippen LogP contribution in [0.25, 0.3) is 44.4 Å². The number of aromatic nitrogens is 4. The van der Waals surface area contributed by atoms with Crippen molar-refractivity contribution in [2.45, 2.75) is 0 Å². The number of hydrogen-bond donors (Lipinski definition) is 4. The van der Waals surface area contributed by atoms with Crippen molar-refractivity contribution >= 4 is 22.0 Å². The monoisotopic (exact) mass is 368 g/mol. The van der Waals surface area contributed by atoms with Crippen LogP contribution in [0.2, 0.25) is 0 Å². The molecular weight excluding hydrogens is 356 g/mol. The highest BCUT2D eigenvalue weighted by Crippen LogP contribution is 2.43. The van der Waals surface area contributed by atoms with Gasteiger partial charge in [0, 0.05) is 34.4 Å². The molecule has 0 saturated carbocycles. The number of aromatic amines is 2. The van der Waals surface area contributed by atoms with E-state index in [0.717, 1.165) is 10.9 Å². The minimum absolute atomic E-state index is 0.0178. The summed E-state index contributed by atoms with van der Waals surface area (Å²) in [6, 6.07) is 13.0. The van der Waals surface area contributed by atoms with Gasteiger partial charge in [-0.25, -0.2) is 0 Å². The molecule has 28 heavy (non-hydrogen) atoms. The fourth-order valence-electron chi connectivity index (χ4n) is 3.48. The molecule has 0 aliphatic rings. The SMILES string of the molecule is N#Cc1c(-c2c(O)[nH]c3ccccc23)c2c(-c3ccncc3)[nH]nc2oc1=N. The Labute approximate surface area is 157 Å². The maximum Gasteiger partial charge on any atom is 0.248 e. The minimum Gasteiger partial charge on any atom is -0.494 e. The van der Waals surface area contributed by atoms with Crippen molar-refractivity contribution in [3.63, 3.8) is 0 Å². The number of pyridine rings is 1. The van der Waals surface area contributed by atoms with Gasteiger partial charge in [0.05, 0.1) is 16.6 Å². The molecule has 8 heteroatoms. The molecule has 0 aliphatic heterocycles. The van der Waals surface area contributed by atoms with Crippen molar-refractivity contribution in [3.8, 4) is 34.3 Å². The standard InChI is InChI=1S/C20H12N6O2/c21-9-12-14(15-11-3-1-2-4-13(11)24-19(15)27)16-17(10-5-7-23-8-6-10)25-26-20(16)28-18(12)22/h1-8,22,24,27H,(H,25,26). The van der Waals surface area contributed by atoms with Crippen LogP contribution in [0.5, 0.6) is 5.88 Å². The lowest BCUT2D eigenvalue weighted by Crippen LogP contribution is -2.07. The number of H-pyrrole nitrogens is 2. The van der Waals surface area contributed by atoms with Crippen LogP contribution in [0, 0.1) is 16.7 Å². The van der Waals surface area contributed by atoms with E-state index >= 15 is 0 Å². The Bertz CT molecular complexity index is 1450. The van der Waals surface area contributed by atoms with E-state index in [1.165, 1.54) is 0 Å². The summed E-state index contributed by atoms with van der Waals surface area (Å²) >= 11 is 0. The number of benzene rings is 1. The van der Waals surface area contributed by atoms with Gasteiger partial charge in [-0.3, -0.25) is 15.5 Å². The second kappa shape index (κ2) is 5.82. The van der Waals surface area contributed by atoms with Crippen LogP contribution in [0.1, 0.15) is 5.56 Å². The molecule has 8 nitrogen and oxygen atoms in total. The lowest BCUT2D eigenvalue weighted by Gasteiger charge is -2.07. The zero-order valence-corrected chi connectivity index (χ0v) is 14.3. The predicted molar refractivity (Wildman–Crippen MR) is 101 cm³/mol. The average Bonchev–Trinajstić information content (AvgIpc) is 3.27. The third-order valence-corrected chi connectivity index (χ3v) is 4.68. The molecule has 5 rings (SSSR count). The smallest absolute Gasteiger partial charge is 0.248 e. The summed E-state index contributed by atoms with van der Waals surface area (Å²) in [5.41, 5.74) is 2.81. The molecule has 0 aliphatic carbocycles. The summed E-state index contributed by atoms with van der Waals surface area (Å²) in [5, 5.41) is 36.9. The number of para-hydroxylation sites is 1. The number of nitrogens with one attached hydrogen (secondary N) is 3. The van der Waals surface area contributed by atoms with Crippen LogP contribution in [-0.4, -0.2) is 25.3 Å². The first-order valence-electron chi connectivity index (χ1n) is 8.39. The van der Waals surface area contributed by atoms with Crippen molar-refractivity contribution in [2.75, 3.05) is 0 Å². The van der Waals surface area contributed by atoms with E-state index in [9.17, 15) is 10.4 Å². The quantitative estimate of drug-likeness (QED) is 0.378. The van der Waals surface area contributed by atoms with E-state index in [1.54, 1.807) is 24.5 Å². The van der Waals surface area contributed by atoms with Crippen LogP contribution in [0.3, 0.4) is 0 Å². The normalized spacial score (nSPS) is 11.1.